The van der Waals surface area contributed by atoms with Crippen LogP contribution in [0.15, 0.2) is 0 Å². The minimum atomic E-state index is -1.59. The minimum absolute atomic E-state index is 0.0566. The number of carbonyl (C=O) groups is 5. The van der Waals surface area contributed by atoms with Crippen LogP contribution >= 0.6 is 0 Å². The van der Waals surface area contributed by atoms with Gasteiger partial charge in [-0.3, -0.25) is 23.4 Å². The summed E-state index contributed by atoms with van der Waals surface area (Å²) in [4.78, 5) is 68.6. The summed E-state index contributed by atoms with van der Waals surface area (Å²) in [6, 6.07) is -1.22. The van der Waals surface area contributed by atoms with Gasteiger partial charge in [0.05, 0.1) is 0 Å². The third-order valence-corrected chi connectivity index (χ3v) is 5.68. The summed E-state index contributed by atoms with van der Waals surface area (Å²) in [6.07, 6.45) is -0.0894. The maximum Gasteiger partial charge on any atom is 0.355 e. The van der Waals surface area contributed by atoms with E-state index < -0.39 is 40.5 Å². The first-order chi connectivity index (χ1) is 15.0. The van der Waals surface area contributed by atoms with Gasteiger partial charge in [-0.15, -0.1) is 5.06 Å². The second-order valence-electron chi connectivity index (χ2n) is 7.90. The van der Waals surface area contributed by atoms with Crippen LogP contribution in [-0.4, -0.2) is 114 Å². The molecule has 2 atom stereocenters. The third-order valence-electron chi connectivity index (χ3n) is 4.40. The van der Waals surface area contributed by atoms with Crippen molar-refractivity contribution in [3.05, 3.63) is 0 Å². The Balaban J connectivity index is 2.65. The van der Waals surface area contributed by atoms with Crippen LogP contribution in [0.5, 0.6) is 0 Å². The molecular weight excluding hydrogens is 442 g/mol. The van der Waals surface area contributed by atoms with Crippen molar-refractivity contribution in [3.63, 3.8) is 0 Å². The summed E-state index contributed by atoms with van der Waals surface area (Å²) >= 11 is 0. The number of hydrogen-bond acceptors (Lipinski definition) is 9. The molecule has 0 bridgehead atoms. The Labute approximate surface area is 190 Å². The molecule has 0 radical (unpaired) electrons. The lowest BCUT2D eigenvalue weighted by Crippen LogP contribution is -2.46. The second-order valence-corrected chi connectivity index (χ2v) is 9.47. The highest BCUT2D eigenvalue weighted by molar-refractivity contribution is 7.85. The smallest absolute Gasteiger partial charge is 0.354 e. The molecule has 0 aromatic heterocycles. The standard InChI is InChI=1S/C19H33N5O7S/c1-22(2)10-7-15(25)21-14(19(29)31-24-17(27)5-6-18(24)28)8-12-32(30)13-16(26)20-9-11-23(3)4/h14H,5-13H2,1-4H3,(H,20,26)(H,21,25)/t14-,32?/m0/s1. The molecule has 13 heteroatoms. The molecule has 0 aliphatic carbocycles. The van der Waals surface area contributed by atoms with E-state index in [1.807, 2.05) is 19.0 Å². The molecule has 12 nitrogen and oxygen atoms in total. The highest BCUT2D eigenvalue weighted by atomic mass is 32.2. The van der Waals surface area contributed by atoms with Crippen molar-refractivity contribution in [1.82, 2.24) is 25.5 Å². The normalized spacial score (nSPS) is 15.8. The van der Waals surface area contributed by atoms with E-state index in [-0.39, 0.29) is 43.1 Å². The predicted octanol–water partition coefficient (Wildman–Crippen LogP) is -2.15. The van der Waals surface area contributed by atoms with Crippen LogP contribution in [0.3, 0.4) is 0 Å². The summed E-state index contributed by atoms with van der Waals surface area (Å²) in [5, 5.41) is 5.55. The van der Waals surface area contributed by atoms with Gasteiger partial charge in [-0.25, -0.2) is 4.79 Å². The van der Waals surface area contributed by atoms with E-state index in [9.17, 15) is 28.2 Å². The Morgan fingerprint density at radius 3 is 2.19 bits per heavy atom. The van der Waals surface area contributed by atoms with E-state index in [0.29, 0.717) is 24.7 Å². The lowest BCUT2D eigenvalue weighted by molar-refractivity contribution is -0.199. The fourth-order valence-electron chi connectivity index (χ4n) is 2.59. The molecule has 1 saturated heterocycles. The Kier molecular flexibility index (Phi) is 12.0. The number of imide groups is 1. The third kappa shape index (κ3) is 10.8. The second kappa shape index (κ2) is 13.9. The molecule has 1 aliphatic rings. The minimum Gasteiger partial charge on any atom is -0.354 e. The molecule has 0 aromatic carbocycles. The highest BCUT2D eigenvalue weighted by Gasteiger charge is 2.35. The lowest BCUT2D eigenvalue weighted by atomic mass is 10.2. The topological polar surface area (TPSA) is 145 Å². The van der Waals surface area contributed by atoms with Crippen LogP contribution in [-0.2, 0) is 39.6 Å². The monoisotopic (exact) mass is 475 g/mol. The fourth-order valence-corrected chi connectivity index (χ4v) is 3.63. The highest BCUT2D eigenvalue weighted by Crippen LogP contribution is 2.13. The number of amides is 4. The van der Waals surface area contributed by atoms with Gasteiger partial charge in [0.1, 0.15) is 11.8 Å². The molecule has 1 rings (SSSR count). The van der Waals surface area contributed by atoms with E-state index in [2.05, 4.69) is 10.6 Å². The van der Waals surface area contributed by atoms with E-state index in [1.165, 1.54) is 0 Å². The zero-order valence-electron chi connectivity index (χ0n) is 19.0. The van der Waals surface area contributed by atoms with Crippen LogP contribution in [0.1, 0.15) is 25.7 Å². The predicted molar refractivity (Wildman–Crippen MR) is 116 cm³/mol. The molecule has 0 aromatic rings. The first kappa shape index (κ1) is 27.7. The van der Waals surface area contributed by atoms with Gasteiger partial charge in [0, 0.05) is 55.4 Å². The summed E-state index contributed by atoms with van der Waals surface area (Å²) < 4.78 is 12.3. The van der Waals surface area contributed by atoms with Gasteiger partial charge in [0.15, 0.2) is 0 Å². The van der Waals surface area contributed by atoms with Crippen molar-refractivity contribution in [2.45, 2.75) is 31.7 Å². The Morgan fingerprint density at radius 2 is 1.62 bits per heavy atom. The first-order valence-corrected chi connectivity index (χ1v) is 11.8. The molecule has 182 valence electrons. The number of carbonyl (C=O) groups excluding carboxylic acids is 5. The van der Waals surface area contributed by atoms with Gasteiger partial charge < -0.3 is 25.3 Å². The summed E-state index contributed by atoms with van der Waals surface area (Å²) in [6.45, 7) is 1.49. The van der Waals surface area contributed by atoms with E-state index in [1.54, 1.807) is 19.0 Å². The zero-order chi connectivity index (χ0) is 24.3. The van der Waals surface area contributed by atoms with Crippen molar-refractivity contribution in [2.75, 3.05) is 59.3 Å². The van der Waals surface area contributed by atoms with Crippen LogP contribution in [0.25, 0.3) is 0 Å². The van der Waals surface area contributed by atoms with E-state index >= 15 is 0 Å². The first-order valence-electron chi connectivity index (χ1n) is 10.3. The van der Waals surface area contributed by atoms with Gasteiger partial charge in [-0.05, 0) is 34.6 Å². The molecule has 2 N–H and O–H groups in total. The molecule has 1 heterocycles. The van der Waals surface area contributed by atoms with Crippen LogP contribution < -0.4 is 10.6 Å². The number of likely N-dealkylation sites (N-methyl/N-ethyl adjacent to an activating group) is 1. The van der Waals surface area contributed by atoms with Crippen molar-refractivity contribution < 1.29 is 33.0 Å². The number of nitrogens with one attached hydrogen (secondary N) is 2. The summed E-state index contributed by atoms with van der Waals surface area (Å²) in [5.74, 6) is -3.40. The number of hydroxylamine groups is 2. The SMILES string of the molecule is CN(C)CCNC(=O)CS(=O)CC[C@H](NC(=O)CCN(C)C)C(=O)ON1C(=O)CCC1=O. The van der Waals surface area contributed by atoms with Gasteiger partial charge in [-0.2, -0.15) is 0 Å². The molecule has 4 amide bonds. The number of hydrogen-bond donors (Lipinski definition) is 2. The maximum absolute atomic E-state index is 12.5. The van der Waals surface area contributed by atoms with Crippen LogP contribution in [0.2, 0.25) is 0 Å². The van der Waals surface area contributed by atoms with Gasteiger partial charge >= 0.3 is 5.97 Å². The summed E-state index contributed by atoms with van der Waals surface area (Å²) in [5.41, 5.74) is 0. The Bertz CT molecular complexity index is 713. The summed E-state index contributed by atoms with van der Waals surface area (Å²) in [7, 11) is 5.71. The van der Waals surface area contributed by atoms with Crippen molar-refractivity contribution in [2.24, 2.45) is 0 Å². The lowest BCUT2D eigenvalue weighted by Gasteiger charge is -2.20. The molecule has 0 spiro atoms. The molecular formula is C19H33N5O7S. The van der Waals surface area contributed by atoms with Crippen molar-refractivity contribution in [3.8, 4) is 0 Å². The van der Waals surface area contributed by atoms with Gasteiger partial charge in [0.2, 0.25) is 11.8 Å². The molecule has 1 fully saturated rings. The Morgan fingerprint density at radius 1 is 1.03 bits per heavy atom. The number of rotatable bonds is 14. The Hall–Kier alpha value is -2.38. The molecule has 1 aliphatic heterocycles. The molecule has 32 heavy (non-hydrogen) atoms. The zero-order valence-corrected chi connectivity index (χ0v) is 19.9. The van der Waals surface area contributed by atoms with E-state index in [4.69, 9.17) is 4.84 Å². The van der Waals surface area contributed by atoms with Crippen LogP contribution in [0.4, 0.5) is 0 Å². The maximum atomic E-state index is 12.5. The average molecular weight is 476 g/mol. The van der Waals surface area contributed by atoms with Crippen LogP contribution in [0, 0.1) is 0 Å². The fraction of sp³-hybridized carbons (Fsp3) is 0.737. The molecule has 1 unspecified atom stereocenters. The van der Waals surface area contributed by atoms with Gasteiger partial charge in [-0.1, -0.05) is 0 Å². The molecule has 0 saturated carbocycles. The van der Waals surface area contributed by atoms with Crippen molar-refractivity contribution >= 4 is 40.4 Å². The average Bonchev–Trinajstić information content (AvgIpc) is 3.01. The van der Waals surface area contributed by atoms with Crippen molar-refractivity contribution in [1.29, 1.82) is 0 Å². The quantitative estimate of drug-likeness (QED) is 0.268. The number of nitrogens with zero attached hydrogens (tertiary/aromatic N) is 3. The van der Waals surface area contributed by atoms with Gasteiger partial charge in [0.25, 0.3) is 11.8 Å². The largest absolute Gasteiger partial charge is 0.355 e. The van der Waals surface area contributed by atoms with E-state index in [0.717, 1.165) is 0 Å².